The quantitative estimate of drug-likeness (QED) is 0.721. The molecule has 0 aromatic carbocycles. The summed E-state index contributed by atoms with van der Waals surface area (Å²) in [6.07, 6.45) is 8.27. The van der Waals surface area contributed by atoms with E-state index in [1.807, 2.05) is 12.2 Å². The summed E-state index contributed by atoms with van der Waals surface area (Å²) in [4.78, 5) is 7.15. The van der Waals surface area contributed by atoms with Crippen molar-refractivity contribution in [2.24, 2.45) is 0 Å². The fourth-order valence-electron chi connectivity index (χ4n) is 1.08. The van der Waals surface area contributed by atoms with Crippen LogP contribution in [0.3, 0.4) is 0 Å². The Balaban J connectivity index is 0.00000169. The average molecular weight is 190 g/mol. The van der Waals surface area contributed by atoms with E-state index in [2.05, 4.69) is 30.0 Å². The van der Waals surface area contributed by atoms with Gasteiger partial charge in [-0.2, -0.15) is 0 Å². The van der Waals surface area contributed by atoms with Crippen LogP contribution in [-0.2, 0) is 0 Å². The molecule has 1 rings (SSSR count). The molecule has 0 atom stereocenters. The summed E-state index contributed by atoms with van der Waals surface area (Å²) in [6.45, 7) is 9.52. The molecule has 0 spiro atoms. The molecule has 1 aromatic rings. The minimum absolute atomic E-state index is 0. The lowest BCUT2D eigenvalue weighted by Gasteiger charge is -1.95. The number of allylic oxidation sites excluding steroid dienone is 2. The van der Waals surface area contributed by atoms with Crippen molar-refractivity contribution in [3.63, 3.8) is 0 Å². The summed E-state index contributed by atoms with van der Waals surface area (Å²) < 4.78 is 0. The van der Waals surface area contributed by atoms with Crippen molar-refractivity contribution >= 4 is 12.2 Å². The van der Waals surface area contributed by atoms with E-state index in [0.29, 0.717) is 0 Å². The molecule has 1 N–H and O–H groups in total. The largest absolute Gasteiger partial charge is 0.345 e. The second-order valence-electron chi connectivity index (χ2n) is 2.68. The van der Waals surface area contributed by atoms with Gasteiger partial charge in [-0.1, -0.05) is 33.6 Å². The molecule has 1 heterocycles. The van der Waals surface area contributed by atoms with Gasteiger partial charge in [0.05, 0.1) is 17.7 Å². The minimum Gasteiger partial charge on any atom is -0.345 e. The summed E-state index contributed by atoms with van der Waals surface area (Å²) in [6, 6.07) is 0. The van der Waals surface area contributed by atoms with Crippen molar-refractivity contribution in [1.82, 2.24) is 9.97 Å². The number of imidazole rings is 1. The van der Waals surface area contributed by atoms with Gasteiger partial charge >= 0.3 is 0 Å². The monoisotopic (exact) mass is 190 g/mol. The minimum atomic E-state index is 0. The molecule has 1 aromatic heterocycles. The molecular formula is C12H18N2. The molecule has 0 aliphatic rings. The van der Waals surface area contributed by atoms with Crippen LogP contribution in [0.2, 0.25) is 0 Å². The number of hydrogen-bond donors (Lipinski definition) is 1. The summed E-state index contributed by atoms with van der Waals surface area (Å²) in [5, 5.41) is 0. The van der Waals surface area contributed by atoms with E-state index in [4.69, 9.17) is 0 Å². The highest BCUT2D eigenvalue weighted by Gasteiger charge is 1.98. The number of aromatic nitrogens is 2. The lowest BCUT2D eigenvalue weighted by atomic mass is 10.1. The Labute approximate surface area is 86.1 Å². The Morgan fingerprint density at radius 3 is 2.79 bits per heavy atom. The zero-order chi connectivity index (χ0) is 9.68. The first-order valence-corrected chi connectivity index (χ1v) is 4.30. The van der Waals surface area contributed by atoms with Crippen molar-refractivity contribution < 1.29 is 0 Å². The van der Waals surface area contributed by atoms with E-state index < -0.39 is 0 Å². The third kappa shape index (κ3) is 2.73. The Kier molecular flexibility index (Phi) is 5.30. The van der Waals surface area contributed by atoms with Crippen LogP contribution in [0.15, 0.2) is 31.1 Å². The van der Waals surface area contributed by atoms with E-state index in [1.54, 1.807) is 12.4 Å². The van der Waals surface area contributed by atoms with E-state index in [0.717, 1.165) is 17.8 Å². The molecule has 0 saturated carbocycles. The van der Waals surface area contributed by atoms with Crippen LogP contribution in [0.5, 0.6) is 0 Å². The van der Waals surface area contributed by atoms with Crippen molar-refractivity contribution in [2.45, 2.75) is 20.8 Å². The number of nitrogens with zero attached hydrogens (tertiary/aromatic N) is 1. The predicted octanol–water partition coefficient (Wildman–Crippen LogP) is 3.67. The van der Waals surface area contributed by atoms with Gasteiger partial charge in [-0.3, -0.25) is 0 Å². The smallest absolute Gasteiger partial charge is 0.0931 e. The average Bonchev–Trinajstić information content (AvgIpc) is 2.61. The Morgan fingerprint density at radius 1 is 1.57 bits per heavy atom. The zero-order valence-electron chi connectivity index (χ0n) is 7.88. The van der Waals surface area contributed by atoms with Crippen molar-refractivity contribution in [3.05, 3.63) is 42.5 Å². The van der Waals surface area contributed by atoms with Gasteiger partial charge in [0.15, 0.2) is 0 Å². The molecule has 0 amide bonds. The van der Waals surface area contributed by atoms with Gasteiger partial charge in [0, 0.05) is 0 Å². The van der Waals surface area contributed by atoms with Crippen LogP contribution in [0.4, 0.5) is 0 Å². The van der Waals surface area contributed by atoms with Gasteiger partial charge in [0.1, 0.15) is 0 Å². The van der Waals surface area contributed by atoms with Gasteiger partial charge in [0.25, 0.3) is 0 Å². The van der Waals surface area contributed by atoms with Crippen LogP contribution in [0.25, 0.3) is 12.2 Å². The molecule has 0 aliphatic carbocycles. The number of hydrogen-bond acceptors (Lipinski definition) is 1. The van der Waals surface area contributed by atoms with E-state index >= 15 is 0 Å². The van der Waals surface area contributed by atoms with Gasteiger partial charge < -0.3 is 4.98 Å². The van der Waals surface area contributed by atoms with Crippen LogP contribution < -0.4 is 0 Å². The van der Waals surface area contributed by atoms with Crippen molar-refractivity contribution in [1.29, 1.82) is 0 Å². The van der Waals surface area contributed by atoms with Gasteiger partial charge in [-0.15, -0.1) is 0 Å². The summed E-state index contributed by atoms with van der Waals surface area (Å²) >= 11 is 0. The maximum Gasteiger partial charge on any atom is 0.0931 e. The molecule has 0 aliphatic heterocycles. The zero-order valence-corrected chi connectivity index (χ0v) is 7.88. The SMILES string of the molecule is C.C=C/C(=C\c1[nH]cnc1C=C)CC. The number of aromatic amines is 1. The van der Waals surface area contributed by atoms with Gasteiger partial charge in [0.2, 0.25) is 0 Å². The second-order valence-corrected chi connectivity index (χ2v) is 2.68. The Morgan fingerprint density at radius 2 is 2.29 bits per heavy atom. The van der Waals surface area contributed by atoms with Crippen LogP contribution in [-0.4, -0.2) is 9.97 Å². The van der Waals surface area contributed by atoms with Crippen molar-refractivity contribution in [2.75, 3.05) is 0 Å². The number of nitrogens with one attached hydrogen (secondary N) is 1. The highest BCUT2D eigenvalue weighted by molar-refractivity contribution is 5.61. The van der Waals surface area contributed by atoms with E-state index in [-0.39, 0.29) is 7.43 Å². The first-order chi connectivity index (χ1) is 6.31. The molecule has 2 heteroatoms. The van der Waals surface area contributed by atoms with E-state index in [9.17, 15) is 0 Å². The topological polar surface area (TPSA) is 28.7 Å². The highest BCUT2D eigenvalue weighted by atomic mass is 14.9. The highest BCUT2D eigenvalue weighted by Crippen LogP contribution is 2.12. The molecule has 2 nitrogen and oxygen atoms in total. The molecule has 0 fully saturated rings. The van der Waals surface area contributed by atoms with Crippen LogP contribution >= 0.6 is 0 Å². The van der Waals surface area contributed by atoms with Crippen molar-refractivity contribution in [3.8, 4) is 0 Å². The summed E-state index contributed by atoms with van der Waals surface area (Å²) in [7, 11) is 0. The molecule has 0 unspecified atom stereocenters. The van der Waals surface area contributed by atoms with Gasteiger partial charge in [-0.25, -0.2) is 4.98 Å². The first kappa shape index (κ1) is 12.4. The second kappa shape index (κ2) is 5.97. The molecular weight excluding hydrogens is 172 g/mol. The molecule has 0 saturated heterocycles. The van der Waals surface area contributed by atoms with Crippen LogP contribution in [0.1, 0.15) is 32.2 Å². The Hall–Kier alpha value is -1.57. The normalized spacial score (nSPS) is 10.5. The number of H-pyrrole nitrogens is 1. The lowest BCUT2D eigenvalue weighted by molar-refractivity contribution is 1.16. The number of rotatable bonds is 4. The fourth-order valence-corrected chi connectivity index (χ4v) is 1.08. The maximum absolute atomic E-state index is 4.10. The molecule has 76 valence electrons. The maximum atomic E-state index is 4.10. The predicted molar refractivity (Wildman–Crippen MR) is 63.9 cm³/mol. The first-order valence-electron chi connectivity index (χ1n) is 4.30. The molecule has 0 radical (unpaired) electrons. The molecule has 0 bridgehead atoms. The summed E-state index contributed by atoms with van der Waals surface area (Å²) in [5.41, 5.74) is 3.06. The lowest BCUT2D eigenvalue weighted by Crippen LogP contribution is -1.80. The fraction of sp³-hybridized carbons (Fsp3) is 0.250. The van der Waals surface area contributed by atoms with E-state index in [1.165, 1.54) is 5.57 Å². The standard InChI is InChI=1S/C11H14N2.CH4/c1-4-9(5-2)7-11-10(6-3)12-8-13-11;/h4,6-8H,1,3,5H2,2H3,(H,12,13);1H4/b9-7+;. The summed E-state index contributed by atoms with van der Waals surface area (Å²) in [5.74, 6) is 0. The third-order valence-corrected chi connectivity index (χ3v) is 1.89. The Bertz CT molecular complexity index is 332. The van der Waals surface area contributed by atoms with Gasteiger partial charge in [-0.05, 0) is 24.1 Å². The molecule has 14 heavy (non-hydrogen) atoms. The third-order valence-electron chi connectivity index (χ3n) is 1.89. The van der Waals surface area contributed by atoms with Crippen LogP contribution in [0, 0.1) is 0 Å².